The fourth-order valence-electron chi connectivity index (χ4n) is 3.83. The van der Waals surface area contributed by atoms with Gasteiger partial charge in [-0.2, -0.15) is 9.40 Å². The summed E-state index contributed by atoms with van der Waals surface area (Å²) in [6.07, 6.45) is 4.19. The molecule has 31 heavy (non-hydrogen) atoms. The maximum Gasteiger partial charge on any atom is 0.252 e. The van der Waals surface area contributed by atoms with Gasteiger partial charge in [-0.05, 0) is 48.9 Å². The van der Waals surface area contributed by atoms with Crippen LogP contribution in [0.3, 0.4) is 0 Å². The Balaban J connectivity index is 1.37. The number of rotatable bonds is 6. The van der Waals surface area contributed by atoms with Crippen molar-refractivity contribution in [2.75, 3.05) is 20.1 Å². The number of carbonyl (C=O) groups excluding carboxylic acids is 1. The van der Waals surface area contributed by atoms with Crippen LogP contribution in [-0.4, -0.2) is 58.4 Å². The molecule has 1 aromatic carbocycles. The zero-order chi connectivity index (χ0) is 22.0. The largest absolute Gasteiger partial charge is 0.339 e. The molecule has 8 nitrogen and oxygen atoms in total. The molecule has 0 spiro atoms. The Morgan fingerprint density at radius 2 is 1.90 bits per heavy atom. The van der Waals surface area contributed by atoms with E-state index >= 15 is 0 Å². The maximum absolute atomic E-state index is 13.1. The van der Waals surface area contributed by atoms with E-state index in [1.54, 1.807) is 33.4 Å². The number of thiophene rings is 1. The van der Waals surface area contributed by atoms with Crippen molar-refractivity contribution in [3.63, 3.8) is 0 Å². The molecule has 1 fully saturated rings. The Morgan fingerprint density at radius 1 is 1.19 bits per heavy atom. The van der Waals surface area contributed by atoms with Gasteiger partial charge in [0.1, 0.15) is 16.9 Å². The molecule has 10 heteroatoms. The highest BCUT2D eigenvalue weighted by atomic mass is 32.2. The average molecular weight is 460 g/mol. The van der Waals surface area contributed by atoms with Crippen LogP contribution in [0.15, 0.2) is 58.6 Å². The molecule has 0 saturated carbocycles. The first-order valence-corrected chi connectivity index (χ1v) is 12.4. The summed E-state index contributed by atoms with van der Waals surface area (Å²) >= 11 is 1.22. The van der Waals surface area contributed by atoms with Gasteiger partial charge in [0.15, 0.2) is 0 Å². The second-order valence-corrected chi connectivity index (χ2v) is 10.8. The van der Waals surface area contributed by atoms with Crippen LogP contribution < -0.4 is 0 Å². The van der Waals surface area contributed by atoms with Crippen LogP contribution in [-0.2, 0) is 14.8 Å². The van der Waals surface area contributed by atoms with E-state index in [4.69, 9.17) is 0 Å². The molecule has 0 radical (unpaired) electrons. The number of hydrogen-bond donors (Lipinski definition) is 0. The average Bonchev–Trinajstić information content (AvgIpc) is 3.53. The second-order valence-electron chi connectivity index (χ2n) is 7.67. The van der Waals surface area contributed by atoms with Gasteiger partial charge in [0.2, 0.25) is 5.91 Å². The topological polar surface area (TPSA) is 88.4 Å². The lowest BCUT2D eigenvalue weighted by molar-refractivity contribution is -0.137. The Bertz CT molecular complexity index is 1100. The van der Waals surface area contributed by atoms with Crippen molar-refractivity contribution in [3.8, 4) is 5.69 Å². The third kappa shape index (κ3) is 4.41. The van der Waals surface area contributed by atoms with E-state index in [1.165, 1.54) is 22.0 Å². The minimum absolute atomic E-state index is 0.0565. The van der Waals surface area contributed by atoms with Gasteiger partial charge in [0, 0.05) is 26.1 Å². The molecular formula is C21H25N5O3S2. The summed E-state index contributed by atoms with van der Waals surface area (Å²) in [5, 5.41) is 5.88. The summed E-state index contributed by atoms with van der Waals surface area (Å²) in [6, 6.07) is 11.1. The lowest BCUT2D eigenvalue weighted by Gasteiger charge is -2.34. The summed E-state index contributed by atoms with van der Waals surface area (Å²) < 4.78 is 28.9. The highest BCUT2D eigenvalue weighted by Gasteiger charge is 2.34. The predicted molar refractivity (Wildman–Crippen MR) is 118 cm³/mol. The molecule has 1 unspecified atom stereocenters. The van der Waals surface area contributed by atoms with E-state index < -0.39 is 10.0 Å². The first-order chi connectivity index (χ1) is 14.9. The van der Waals surface area contributed by atoms with Crippen molar-refractivity contribution in [1.82, 2.24) is 24.0 Å². The van der Waals surface area contributed by atoms with Crippen molar-refractivity contribution in [2.45, 2.75) is 30.0 Å². The van der Waals surface area contributed by atoms with Crippen molar-refractivity contribution in [2.24, 2.45) is 5.92 Å². The molecule has 3 heterocycles. The van der Waals surface area contributed by atoms with Gasteiger partial charge in [-0.15, -0.1) is 11.3 Å². The summed E-state index contributed by atoms with van der Waals surface area (Å²) in [7, 11) is -1.64. The molecule has 1 saturated heterocycles. The first-order valence-electron chi connectivity index (χ1n) is 10.1. The van der Waals surface area contributed by atoms with E-state index in [9.17, 15) is 13.2 Å². The molecular weight excluding hydrogens is 434 g/mol. The van der Waals surface area contributed by atoms with Crippen LogP contribution in [0, 0.1) is 5.92 Å². The third-order valence-corrected chi connectivity index (χ3v) is 9.15. The Labute approximate surface area is 186 Å². The van der Waals surface area contributed by atoms with Crippen molar-refractivity contribution < 1.29 is 13.2 Å². The lowest BCUT2D eigenvalue weighted by atomic mass is 9.95. The Morgan fingerprint density at radius 3 is 2.48 bits per heavy atom. The SMILES string of the molecule is CC(c1ccc(-n2cncn2)cc1)N(C)C(=O)C1CCN(S(=O)(=O)c2cccs2)CC1. The number of sulfonamides is 1. The van der Waals surface area contributed by atoms with E-state index in [0.717, 1.165) is 11.3 Å². The summed E-state index contributed by atoms with van der Waals surface area (Å²) in [6.45, 7) is 2.73. The second kappa shape index (κ2) is 8.89. The predicted octanol–water partition coefficient (Wildman–Crippen LogP) is 2.95. The van der Waals surface area contributed by atoms with Gasteiger partial charge >= 0.3 is 0 Å². The van der Waals surface area contributed by atoms with Crippen molar-refractivity contribution >= 4 is 27.3 Å². The molecule has 1 amide bonds. The van der Waals surface area contributed by atoms with Gasteiger partial charge in [-0.1, -0.05) is 18.2 Å². The standard InChI is InChI=1S/C21H25N5O3S2/c1-16(17-5-7-19(8-6-17)26-15-22-14-23-26)24(2)21(27)18-9-11-25(12-10-18)31(28,29)20-4-3-13-30-20/h3-8,13-16,18H,9-12H2,1-2H3. The minimum Gasteiger partial charge on any atom is -0.339 e. The number of nitrogens with zero attached hydrogens (tertiary/aromatic N) is 5. The molecule has 0 N–H and O–H groups in total. The monoisotopic (exact) mass is 459 g/mol. The normalized spacial score (nSPS) is 16.8. The zero-order valence-corrected chi connectivity index (χ0v) is 19.1. The highest BCUT2D eigenvalue weighted by Crippen LogP contribution is 2.29. The van der Waals surface area contributed by atoms with Crippen LogP contribution in [0.1, 0.15) is 31.4 Å². The quantitative estimate of drug-likeness (QED) is 0.566. The van der Waals surface area contributed by atoms with Crippen LogP contribution in [0.2, 0.25) is 0 Å². The smallest absolute Gasteiger partial charge is 0.252 e. The molecule has 2 aromatic heterocycles. The van der Waals surface area contributed by atoms with Crippen LogP contribution in [0.5, 0.6) is 0 Å². The molecule has 0 bridgehead atoms. The summed E-state index contributed by atoms with van der Waals surface area (Å²) in [5.74, 6) is -0.113. The third-order valence-electron chi connectivity index (χ3n) is 5.88. The van der Waals surface area contributed by atoms with Crippen molar-refractivity contribution in [3.05, 3.63) is 60.0 Å². The Kier molecular flexibility index (Phi) is 6.22. The molecule has 4 rings (SSSR count). The van der Waals surface area contributed by atoms with E-state index in [1.807, 2.05) is 38.2 Å². The number of hydrogen-bond acceptors (Lipinski definition) is 6. The lowest BCUT2D eigenvalue weighted by Crippen LogP contribution is -2.43. The van der Waals surface area contributed by atoms with Crippen LogP contribution >= 0.6 is 11.3 Å². The van der Waals surface area contributed by atoms with Gasteiger partial charge in [0.05, 0.1) is 11.7 Å². The maximum atomic E-state index is 13.1. The molecule has 164 valence electrons. The van der Waals surface area contributed by atoms with Gasteiger partial charge in [-0.25, -0.2) is 18.1 Å². The first kappa shape index (κ1) is 21.7. The summed E-state index contributed by atoms with van der Waals surface area (Å²) in [4.78, 5) is 18.8. The van der Waals surface area contributed by atoms with Crippen LogP contribution in [0.4, 0.5) is 0 Å². The molecule has 0 aliphatic carbocycles. The Hall–Kier alpha value is -2.56. The fraction of sp³-hybridized carbons (Fsp3) is 0.381. The number of benzene rings is 1. The molecule has 1 atom stereocenters. The minimum atomic E-state index is -3.45. The molecule has 1 aliphatic rings. The highest BCUT2D eigenvalue weighted by molar-refractivity contribution is 7.91. The fourth-order valence-corrected chi connectivity index (χ4v) is 6.44. The number of amides is 1. The van der Waals surface area contributed by atoms with Gasteiger partial charge < -0.3 is 4.90 Å². The summed E-state index contributed by atoms with van der Waals surface area (Å²) in [5.41, 5.74) is 1.93. The molecule has 3 aromatic rings. The van der Waals surface area contributed by atoms with Crippen LogP contribution in [0.25, 0.3) is 5.69 Å². The van der Waals surface area contributed by atoms with E-state index in [0.29, 0.717) is 30.1 Å². The van der Waals surface area contributed by atoms with Gasteiger partial charge in [0.25, 0.3) is 10.0 Å². The van der Waals surface area contributed by atoms with Crippen molar-refractivity contribution in [1.29, 1.82) is 0 Å². The number of piperidine rings is 1. The number of carbonyl (C=O) groups is 1. The molecule has 1 aliphatic heterocycles. The zero-order valence-electron chi connectivity index (χ0n) is 17.5. The van der Waals surface area contributed by atoms with Gasteiger partial charge in [-0.3, -0.25) is 4.79 Å². The van der Waals surface area contributed by atoms with E-state index in [2.05, 4.69) is 10.1 Å². The number of aromatic nitrogens is 3. The van der Waals surface area contributed by atoms with E-state index in [-0.39, 0.29) is 17.9 Å².